The fourth-order valence-electron chi connectivity index (χ4n) is 3.56. The van der Waals surface area contributed by atoms with Crippen molar-refractivity contribution in [3.8, 4) is 0 Å². The first-order chi connectivity index (χ1) is 14.5. The second-order valence-electron chi connectivity index (χ2n) is 7.18. The minimum atomic E-state index is -3.69. The van der Waals surface area contributed by atoms with Gasteiger partial charge in [0.05, 0.1) is 15.4 Å². The molecule has 0 aliphatic heterocycles. The van der Waals surface area contributed by atoms with Gasteiger partial charge in [-0.15, -0.1) is 11.8 Å². The second kappa shape index (κ2) is 8.68. The molecular weight excluding hydrogens is 412 g/mol. The first-order valence-corrected chi connectivity index (χ1v) is 12.3. The molecule has 0 saturated carbocycles. The first kappa shape index (κ1) is 20.7. The summed E-state index contributed by atoms with van der Waals surface area (Å²) in [7, 11) is -3.69. The van der Waals surface area contributed by atoms with Gasteiger partial charge >= 0.3 is 0 Å². The van der Waals surface area contributed by atoms with Gasteiger partial charge in [0.1, 0.15) is 4.90 Å². The van der Waals surface area contributed by atoms with Crippen LogP contribution in [0.15, 0.2) is 93.7 Å². The highest BCUT2D eigenvalue weighted by molar-refractivity contribution is 8.00. The number of aryl methyl sites for hydroxylation is 1. The Bertz CT molecular complexity index is 1260. The van der Waals surface area contributed by atoms with Gasteiger partial charge in [-0.1, -0.05) is 66.2 Å². The molecule has 0 bridgehead atoms. The van der Waals surface area contributed by atoms with E-state index in [0.717, 1.165) is 21.5 Å². The lowest BCUT2D eigenvalue weighted by molar-refractivity contribution is 0.592. The molecular formula is C24H24N2O2S2. The van der Waals surface area contributed by atoms with Crippen LogP contribution in [0.5, 0.6) is 0 Å². The molecule has 1 aromatic heterocycles. The van der Waals surface area contributed by atoms with Crippen LogP contribution in [0.25, 0.3) is 10.9 Å². The molecule has 3 aromatic carbocycles. The highest BCUT2D eigenvalue weighted by Gasteiger charge is 2.29. The molecule has 2 N–H and O–H groups in total. The maximum atomic E-state index is 13.7. The van der Waals surface area contributed by atoms with E-state index in [0.29, 0.717) is 28.6 Å². The average molecular weight is 437 g/mol. The Balaban J connectivity index is 1.96. The predicted molar refractivity (Wildman–Crippen MR) is 124 cm³/mol. The van der Waals surface area contributed by atoms with Gasteiger partial charge in [0.25, 0.3) is 0 Å². The summed E-state index contributed by atoms with van der Waals surface area (Å²) < 4.78 is 29.5. The third-order valence-corrected chi connectivity index (χ3v) is 8.13. The Morgan fingerprint density at radius 1 is 0.900 bits per heavy atom. The molecule has 0 aliphatic carbocycles. The lowest BCUT2D eigenvalue weighted by Gasteiger charge is -2.12. The molecule has 30 heavy (non-hydrogen) atoms. The Kier molecular flexibility index (Phi) is 5.99. The van der Waals surface area contributed by atoms with Gasteiger partial charge in [-0.3, -0.25) is 0 Å². The molecule has 0 amide bonds. The van der Waals surface area contributed by atoms with Crippen molar-refractivity contribution < 1.29 is 8.42 Å². The number of fused-ring (bicyclic) bond motifs is 1. The summed E-state index contributed by atoms with van der Waals surface area (Å²) in [6, 6.07) is 24.7. The quantitative estimate of drug-likeness (QED) is 0.419. The van der Waals surface area contributed by atoms with Crippen LogP contribution in [-0.2, 0) is 16.4 Å². The van der Waals surface area contributed by atoms with E-state index in [1.165, 1.54) is 17.3 Å². The number of benzene rings is 3. The topological polar surface area (TPSA) is 65.1 Å². The maximum Gasteiger partial charge on any atom is 0.209 e. The van der Waals surface area contributed by atoms with E-state index < -0.39 is 9.84 Å². The van der Waals surface area contributed by atoms with Crippen LogP contribution in [0.3, 0.4) is 0 Å². The van der Waals surface area contributed by atoms with Crippen molar-refractivity contribution in [3.05, 3.63) is 90.0 Å². The van der Waals surface area contributed by atoms with Crippen LogP contribution in [0, 0.1) is 6.92 Å². The van der Waals surface area contributed by atoms with Crippen molar-refractivity contribution in [1.82, 2.24) is 4.57 Å². The minimum absolute atomic E-state index is 0.304. The highest BCUT2D eigenvalue weighted by atomic mass is 32.2. The van der Waals surface area contributed by atoms with Crippen LogP contribution >= 0.6 is 11.8 Å². The Labute approximate surface area is 181 Å². The summed E-state index contributed by atoms with van der Waals surface area (Å²) in [6.45, 7) is 3.13. The van der Waals surface area contributed by atoms with E-state index in [4.69, 9.17) is 5.73 Å². The summed E-state index contributed by atoms with van der Waals surface area (Å²) in [6.07, 6.45) is 0. The van der Waals surface area contributed by atoms with E-state index in [1.54, 1.807) is 24.3 Å². The zero-order chi connectivity index (χ0) is 21.1. The van der Waals surface area contributed by atoms with Crippen molar-refractivity contribution >= 4 is 32.5 Å². The monoisotopic (exact) mass is 436 g/mol. The van der Waals surface area contributed by atoms with E-state index >= 15 is 0 Å². The lowest BCUT2D eigenvalue weighted by Crippen LogP contribution is -2.08. The number of para-hydroxylation sites is 1. The van der Waals surface area contributed by atoms with Gasteiger partial charge in [-0.05, 0) is 30.7 Å². The van der Waals surface area contributed by atoms with Crippen molar-refractivity contribution in [3.63, 3.8) is 0 Å². The zero-order valence-electron chi connectivity index (χ0n) is 16.8. The molecule has 0 fully saturated rings. The van der Waals surface area contributed by atoms with Crippen LogP contribution in [0.1, 0.15) is 11.1 Å². The molecule has 4 nitrogen and oxygen atoms in total. The zero-order valence-corrected chi connectivity index (χ0v) is 18.4. The van der Waals surface area contributed by atoms with Gasteiger partial charge in [0.15, 0.2) is 0 Å². The van der Waals surface area contributed by atoms with E-state index in [9.17, 15) is 8.42 Å². The molecule has 0 saturated heterocycles. The maximum absolute atomic E-state index is 13.7. The molecule has 0 radical (unpaired) electrons. The summed E-state index contributed by atoms with van der Waals surface area (Å²) in [5.74, 6) is 0.640. The fourth-order valence-corrected chi connectivity index (χ4v) is 6.49. The smallest absolute Gasteiger partial charge is 0.209 e. The Hall–Kier alpha value is -2.54. The first-order valence-electron chi connectivity index (χ1n) is 9.82. The average Bonchev–Trinajstić information content (AvgIpc) is 3.08. The number of thioether (sulfide) groups is 1. The molecule has 4 aromatic rings. The van der Waals surface area contributed by atoms with Gasteiger partial charge in [-0.25, -0.2) is 8.42 Å². The number of hydrogen-bond donors (Lipinski definition) is 1. The predicted octanol–water partition coefficient (Wildman–Crippen LogP) is 4.88. The van der Waals surface area contributed by atoms with Crippen LogP contribution in [0.4, 0.5) is 0 Å². The number of hydrogen-bond acceptors (Lipinski definition) is 4. The number of sulfone groups is 1. The molecule has 0 atom stereocenters. The second-order valence-corrected chi connectivity index (χ2v) is 10.1. The normalized spacial score (nSPS) is 11.8. The third kappa shape index (κ3) is 3.90. The largest absolute Gasteiger partial charge is 0.330 e. The van der Waals surface area contributed by atoms with Crippen LogP contribution in [0.2, 0.25) is 0 Å². The van der Waals surface area contributed by atoms with Crippen LogP contribution < -0.4 is 5.73 Å². The molecule has 0 unspecified atom stereocenters. The van der Waals surface area contributed by atoms with E-state index in [2.05, 4.69) is 35.8 Å². The van der Waals surface area contributed by atoms with Gasteiger partial charge in [0.2, 0.25) is 9.84 Å². The van der Waals surface area contributed by atoms with Gasteiger partial charge in [-0.2, -0.15) is 0 Å². The summed E-state index contributed by atoms with van der Waals surface area (Å²) >= 11 is 1.50. The van der Waals surface area contributed by atoms with Gasteiger partial charge < -0.3 is 10.3 Å². The highest BCUT2D eigenvalue weighted by Crippen LogP contribution is 2.39. The number of rotatable bonds is 7. The lowest BCUT2D eigenvalue weighted by atomic mass is 10.1. The summed E-state index contributed by atoms with van der Waals surface area (Å²) in [5.41, 5.74) is 9.01. The molecule has 0 spiro atoms. The summed E-state index contributed by atoms with van der Waals surface area (Å²) in [5, 5.41) is 1.49. The number of aromatic nitrogens is 1. The molecule has 6 heteroatoms. The minimum Gasteiger partial charge on any atom is -0.330 e. The Morgan fingerprint density at radius 2 is 1.57 bits per heavy atom. The molecule has 154 valence electrons. The number of nitrogens with two attached hydrogens (primary N) is 1. The van der Waals surface area contributed by atoms with Crippen molar-refractivity contribution in [2.45, 2.75) is 28.3 Å². The van der Waals surface area contributed by atoms with Crippen molar-refractivity contribution in [2.24, 2.45) is 5.73 Å². The van der Waals surface area contributed by atoms with Crippen molar-refractivity contribution in [1.29, 1.82) is 0 Å². The van der Waals surface area contributed by atoms with E-state index in [-0.39, 0.29) is 0 Å². The SMILES string of the molecule is Cc1ccc(Cn2c(SCCN)c(S(=O)(=O)c3ccccc3)c3ccccc32)cc1. The summed E-state index contributed by atoms with van der Waals surface area (Å²) in [4.78, 5) is 0.674. The van der Waals surface area contributed by atoms with Gasteiger partial charge in [0, 0.05) is 24.2 Å². The number of nitrogens with zero attached hydrogens (tertiary/aromatic N) is 1. The van der Waals surface area contributed by atoms with Crippen molar-refractivity contribution in [2.75, 3.05) is 12.3 Å². The molecule has 0 aliphatic rings. The molecule has 4 rings (SSSR count). The standard InChI is InChI=1S/C24H24N2O2S2/c1-18-11-13-19(14-12-18)17-26-22-10-6-5-9-21(22)23(24(26)29-16-15-25)30(27,28)20-7-3-2-4-8-20/h2-14H,15-17,25H2,1H3. The third-order valence-electron chi connectivity index (χ3n) is 5.02. The fraction of sp³-hybridized carbons (Fsp3) is 0.167. The molecule has 1 heterocycles. The van der Waals surface area contributed by atoms with E-state index in [1.807, 2.05) is 30.3 Å². The Morgan fingerprint density at radius 3 is 2.27 bits per heavy atom. The van der Waals surface area contributed by atoms with Crippen LogP contribution in [-0.4, -0.2) is 25.3 Å².